The normalized spacial score (nSPS) is 8.50. The Morgan fingerprint density at radius 1 is 1.60 bits per heavy atom. The first-order valence-electron chi connectivity index (χ1n) is 3.02. The quantitative estimate of drug-likeness (QED) is 0.570. The van der Waals surface area contributed by atoms with E-state index in [0.29, 0.717) is 5.75 Å². The molecule has 0 aliphatic heterocycles. The van der Waals surface area contributed by atoms with Gasteiger partial charge in [-0.15, -0.1) is 11.6 Å². The van der Waals surface area contributed by atoms with Crippen LogP contribution in [-0.4, -0.2) is 5.11 Å². The molecule has 1 aromatic rings. The van der Waals surface area contributed by atoms with Crippen LogP contribution in [0.3, 0.4) is 0 Å². The van der Waals surface area contributed by atoms with Crippen LogP contribution in [0, 0.1) is 6.07 Å². The number of hydrogen-bond donors (Lipinski definition) is 1. The predicted molar refractivity (Wildman–Crippen MR) is 36.3 cm³/mol. The van der Waals surface area contributed by atoms with E-state index in [2.05, 4.69) is 6.07 Å². The van der Waals surface area contributed by atoms with Gasteiger partial charge in [0.1, 0.15) is 0 Å². The van der Waals surface area contributed by atoms with Crippen molar-refractivity contribution in [3.8, 4) is 5.75 Å². The SMILES string of the molecule is CCc1cc[c-]cc1O.[Rb+]. The fourth-order valence-electron chi connectivity index (χ4n) is 0.753. The molecule has 0 aliphatic rings. The van der Waals surface area contributed by atoms with E-state index in [4.69, 9.17) is 5.11 Å². The molecule has 1 N–H and O–H groups in total. The molecule has 2 heteroatoms. The van der Waals surface area contributed by atoms with Gasteiger partial charge in [0.2, 0.25) is 0 Å². The molecule has 1 nitrogen and oxygen atoms in total. The summed E-state index contributed by atoms with van der Waals surface area (Å²) in [5.74, 6) is 0.347. The maximum Gasteiger partial charge on any atom is 1.00 e. The Balaban J connectivity index is 0.000000810. The molecule has 0 atom stereocenters. The summed E-state index contributed by atoms with van der Waals surface area (Å²) in [5.41, 5.74) is 0.980. The minimum atomic E-state index is 0. The Labute approximate surface area is 110 Å². The van der Waals surface area contributed by atoms with Crippen molar-refractivity contribution in [1.82, 2.24) is 0 Å². The van der Waals surface area contributed by atoms with Crippen molar-refractivity contribution < 1.29 is 63.3 Å². The van der Waals surface area contributed by atoms with Gasteiger partial charge in [0, 0.05) is 5.75 Å². The predicted octanol–water partition coefficient (Wildman–Crippen LogP) is -1.24. The summed E-state index contributed by atoms with van der Waals surface area (Å²) in [6, 6.07) is 8.04. The van der Waals surface area contributed by atoms with E-state index in [-0.39, 0.29) is 58.2 Å². The van der Waals surface area contributed by atoms with Gasteiger partial charge in [-0.05, 0) is 0 Å². The van der Waals surface area contributed by atoms with Crippen molar-refractivity contribution in [3.63, 3.8) is 0 Å². The van der Waals surface area contributed by atoms with Gasteiger partial charge in [-0.1, -0.05) is 13.3 Å². The zero-order valence-electron chi connectivity index (χ0n) is 6.39. The fraction of sp³-hybridized carbons (Fsp3) is 0.250. The van der Waals surface area contributed by atoms with Crippen LogP contribution in [0.4, 0.5) is 0 Å². The summed E-state index contributed by atoms with van der Waals surface area (Å²) in [5, 5.41) is 9.08. The molecule has 48 valence electrons. The summed E-state index contributed by atoms with van der Waals surface area (Å²) in [7, 11) is 0. The van der Waals surface area contributed by atoms with Gasteiger partial charge in [0.05, 0.1) is 0 Å². The molecule has 0 fully saturated rings. The van der Waals surface area contributed by atoms with Gasteiger partial charge in [-0.25, -0.2) is 0 Å². The van der Waals surface area contributed by atoms with Crippen molar-refractivity contribution in [1.29, 1.82) is 0 Å². The summed E-state index contributed by atoms with van der Waals surface area (Å²) in [4.78, 5) is 0. The van der Waals surface area contributed by atoms with Gasteiger partial charge in [0.15, 0.2) is 0 Å². The fourth-order valence-corrected chi connectivity index (χ4v) is 0.753. The van der Waals surface area contributed by atoms with E-state index < -0.39 is 0 Å². The molecule has 0 bridgehead atoms. The minimum Gasteiger partial charge on any atom is -0.565 e. The van der Waals surface area contributed by atoms with Crippen molar-refractivity contribution in [2.75, 3.05) is 0 Å². The van der Waals surface area contributed by atoms with Crippen LogP contribution in [-0.2, 0) is 6.42 Å². The van der Waals surface area contributed by atoms with E-state index in [1.165, 1.54) is 0 Å². The first-order chi connectivity index (χ1) is 4.34. The zero-order valence-corrected chi connectivity index (χ0v) is 11.3. The van der Waals surface area contributed by atoms with Crippen LogP contribution in [0.5, 0.6) is 5.75 Å². The van der Waals surface area contributed by atoms with Gasteiger partial charge in [0.25, 0.3) is 0 Å². The molecule has 0 spiro atoms. The smallest absolute Gasteiger partial charge is 0.565 e. The van der Waals surface area contributed by atoms with E-state index in [0.717, 1.165) is 12.0 Å². The van der Waals surface area contributed by atoms with Gasteiger partial charge in [-0.3, -0.25) is 0 Å². The van der Waals surface area contributed by atoms with E-state index in [1.54, 1.807) is 12.1 Å². The summed E-state index contributed by atoms with van der Waals surface area (Å²) < 4.78 is 0. The largest absolute Gasteiger partial charge is 1.00 e. The molecule has 10 heavy (non-hydrogen) atoms. The summed E-state index contributed by atoms with van der Waals surface area (Å²) >= 11 is 0. The number of phenolic OH excluding ortho intramolecular Hbond substituents is 1. The Kier molecular flexibility index (Phi) is 5.92. The van der Waals surface area contributed by atoms with E-state index in [1.807, 2.05) is 13.0 Å². The van der Waals surface area contributed by atoms with Crippen LogP contribution in [0.25, 0.3) is 0 Å². The van der Waals surface area contributed by atoms with Crippen LogP contribution in [0.1, 0.15) is 12.5 Å². The molecule has 0 amide bonds. The van der Waals surface area contributed by atoms with Crippen molar-refractivity contribution in [2.24, 2.45) is 0 Å². The molecular weight excluding hydrogens is 198 g/mol. The standard InChI is InChI=1S/C8H9O.Rb/c1-2-7-5-3-4-6-8(7)9;/h3,5-6,9H,2H2,1H3;/q-1;+1. The molecule has 0 heterocycles. The number of hydrogen-bond acceptors (Lipinski definition) is 1. The van der Waals surface area contributed by atoms with Crippen molar-refractivity contribution >= 4 is 0 Å². The molecule has 0 saturated carbocycles. The van der Waals surface area contributed by atoms with Gasteiger partial charge >= 0.3 is 58.2 Å². The van der Waals surface area contributed by atoms with E-state index >= 15 is 0 Å². The zero-order chi connectivity index (χ0) is 6.69. The van der Waals surface area contributed by atoms with E-state index in [9.17, 15) is 0 Å². The van der Waals surface area contributed by atoms with Gasteiger partial charge in [-0.2, -0.15) is 18.2 Å². The third-order valence-corrected chi connectivity index (χ3v) is 1.31. The first-order valence-corrected chi connectivity index (χ1v) is 3.02. The molecule has 1 aromatic carbocycles. The maximum atomic E-state index is 9.08. The number of benzene rings is 1. The maximum absolute atomic E-state index is 9.08. The summed E-state index contributed by atoms with van der Waals surface area (Å²) in [6.45, 7) is 2.01. The number of rotatable bonds is 1. The molecule has 0 aliphatic carbocycles. The first kappa shape index (κ1) is 10.8. The summed E-state index contributed by atoms with van der Waals surface area (Å²) in [6.07, 6.45) is 0.876. The topological polar surface area (TPSA) is 20.2 Å². The second-order valence-corrected chi connectivity index (χ2v) is 1.91. The minimum absolute atomic E-state index is 0. The Morgan fingerprint density at radius 2 is 2.30 bits per heavy atom. The van der Waals surface area contributed by atoms with Crippen LogP contribution >= 0.6 is 0 Å². The third kappa shape index (κ3) is 2.83. The molecule has 0 aromatic heterocycles. The van der Waals surface area contributed by atoms with Crippen LogP contribution in [0.15, 0.2) is 18.2 Å². The van der Waals surface area contributed by atoms with Gasteiger partial charge < -0.3 is 5.11 Å². The second kappa shape index (κ2) is 5.47. The van der Waals surface area contributed by atoms with Crippen molar-refractivity contribution in [2.45, 2.75) is 13.3 Å². The number of phenols is 1. The Bertz CT molecular complexity index is 198. The van der Waals surface area contributed by atoms with Crippen LogP contribution < -0.4 is 58.2 Å². The molecule has 0 saturated heterocycles. The Morgan fingerprint density at radius 3 is 2.70 bits per heavy atom. The molecule has 1 rings (SSSR count). The average Bonchev–Trinajstić information content (AvgIpc) is 1.89. The second-order valence-electron chi connectivity index (χ2n) is 1.91. The van der Waals surface area contributed by atoms with Crippen molar-refractivity contribution in [3.05, 3.63) is 29.8 Å². The van der Waals surface area contributed by atoms with Crippen LogP contribution in [0.2, 0.25) is 0 Å². The molecule has 0 unspecified atom stereocenters. The Hall–Kier alpha value is 0.825. The third-order valence-electron chi connectivity index (χ3n) is 1.31. The number of aryl methyl sites for hydroxylation is 1. The average molecular weight is 207 g/mol. The monoisotopic (exact) mass is 206 g/mol. The number of aromatic hydroxyl groups is 1. The molecule has 0 radical (unpaired) electrons. The molecular formula is C8H9ORb.